The van der Waals surface area contributed by atoms with E-state index in [0.717, 1.165) is 10.6 Å². The van der Waals surface area contributed by atoms with E-state index in [2.05, 4.69) is 9.71 Å². The zero-order valence-corrected chi connectivity index (χ0v) is 13.6. The van der Waals surface area contributed by atoms with Crippen molar-refractivity contribution in [2.24, 2.45) is 0 Å². The molecule has 0 saturated heterocycles. The number of aromatic nitrogens is 1. The quantitative estimate of drug-likeness (QED) is 0.846. The van der Waals surface area contributed by atoms with Crippen molar-refractivity contribution in [1.29, 1.82) is 0 Å². The van der Waals surface area contributed by atoms with Crippen LogP contribution in [0.2, 0.25) is 5.02 Å². The molecule has 2 aromatic rings. The Labute approximate surface area is 126 Å². The van der Waals surface area contributed by atoms with E-state index in [1.165, 1.54) is 23.5 Å². The van der Waals surface area contributed by atoms with Crippen LogP contribution < -0.4 is 10.5 Å². The second-order valence-corrected chi connectivity index (χ2v) is 7.67. The van der Waals surface area contributed by atoms with Crippen molar-refractivity contribution >= 4 is 43.8 Å². The van der Waals surface area contributed by atoms with Crippen LogP contribution in [0.4, 0.5) is 10.8 Å². The van der Waals surface area contributed by atoms with Gasteiger partial charge in [-0.1, -0.05) is 11.6 Å². The summed E-state index contributed by atoms with van der Waals surface area (Å²) in [5, 5.41) is 0.609. The first-order chi connectivity index (χ1) is 9.20. The number of nitrogens with zero attached hydrogens (tertiary/aromatic N) is 1. The molecule has 0 unspecified atom stereocenters. The number of rotatable bonds is 3. The van der Waals surface area contributed by atoms with Gasteiger partial charge in [0.25, 0.3) is 10.0 Å². The molecule has 0 atom stereocenters. The molecule has 0 spiro atoms. The maximum Gasteiger partial charge on any atom is 0.264 e. The van der Waals surface area contributed by atoms with Gasteiger partial charge < -0.3 is 5.73 Å². The molecule has 0 aliphatic carbocycles. The molecule has 5 nitrogen and oxygen atoms in total. The number of hydrogen-bond acceptors (Lipinski definition) is 5. The molecule has 0 fully saturated rings. The third kappa shape index (κ3) is 2.89. The van der Waals surface area contributed by atoms with E-state index in [1.54, 1.807) is 6.92 Å². The van der Waals surface area contributed by atoms with Gasteiger partial charge in [0.15, 0.2) is 5.13 Å². The molecule has 1 aromatic carbocycles. The highest BCUT2D eigenvalue weighted by atomic mass is 35.5. The number of hydrogen-bond donors (Lipinski definition) is 2. The maximum atomic E-state index is 12.4. The number of nitrogen functional groups attached to an aromatic ring is 1. The van der Waals surface area contributed by atoms with Crippen LogP contribution >= 0.6 is 22.9 Å². The Kier molecular flexibility index (Phi) is 3.95. The van der Waals surface area contributed by atoms with Crippen LogP contribution in [0.25, 0.3) is 0 Å². The largest absolute Gasteiger partial charge is 0.398 e. The van der Waals surface area contributed by atoms with Crippen LogP contribution in [-0.4, -0.2) is 13.4 Å². The Morgan fingerprint density at radius 1 is 1.30 bits per heavy atom. The average molecular weight is 332 g/mol. The number of benzene rings is 1. The first-order valence-corrected chi connectivity index (χ1v) is 8.41. The third-order valence-electron chi connectivity index (χ3n) is 2.90. The molecule has 1 aromatic heterocycles. The predicted molar refractivity (Wildman–Crippen MR) is 83.0 cm³/mol. The maximum absolute atomic E-state index is 12.4. The third-order valence-corrected chi connectivity index (χ3v) is 5.71. The van der Waals surface area contributed by atoms with Gasteiger partial charge >= 0.3 is 0 Å². The molecule has 1 heterocycles. The number of aryl methyl sites for hydroxylation is 2. The first kappa shape index (κ1) is 15.1. The average Bonchev–Trinajstić information content (AvgIpc) is 2.61. The molecule has 0 radical (unpaired) electrons. The molecule has 0 aliphatic rings. The van der Waals surface area contributed by atoms with Gasteiger partial charge in [0, 0.05) is 15.6 Å². The first-order valence-electron chi connectivity index (χ1n) is 5.73. The lowest BCUT2D eigenvalue weighted by atomic mass is 10.2. The van der Waals surface area contributed by atoms with Gasteiger partial charge in [0.2, 0.25) is 0 Å². The number of anilines is 2. The van der Waals surface area contributed by atoms with Gasteiger partial charge in [-0.05, 0) is 38.5 Å². The Morgan fingerprint density at radius 2 is 1.95 bits per heavy atom. The molecule has 2 rings (SSSR count). The van der Waals surface area contributed by atoms with Crippen LogP contribution in [0.3, 0.4) is 0 Å². The van der Waals surface area contributed by atoms with Crippen LogP contribution in [0.5, 0.6) is 0 Å². The molecule has 0 amide bonds. The molecular formula is C12H14ClN3O2S2. The fraction of sp³-hybridized carbons (Fsp3) is 0.250. The molecule has 0 aliphatic heterocycles. The smallest absolute Gasteiger partial charge is 0.264 e. The van der Waals surface area contributed by atoms with E-state index in [-0.39, 0.29) is 9.92 Å². The van der Waals surface area contributed by atoms with Gasteiger partial charge in [-0.3, -0.25) is 4.72 Å². The summed E-state index contributed by atoms with van der Waals surface area (Å²) in [5.41, 5.74) is 7.35. The van der Waals surface area contributed by atoms with E-state index < -0.39 is 10.0 Å². The van der Waals surface area contributed by atoms with Crippen molar-refractivity contribution in [3.63, 3.8) is 0 Å². The fourth-order valence-corrected chi connectivity index (χ4v) is 4.28. The van der Waals surface area contributed by atoms with E-state index in [9.17, 15) is 8.42 Å². The molecule has 0 saturated carbocycles. The molecule has 0 bridgehead atoms. The molecule has 8 heteroatoms. The van der Waals surface area contributed by atoms with Gasteiger partial charge in [0.1, 0.15) is 0 Å². The van der Waals surface area contributed by atoms with Crippen LogP contribution in [0, 0.1) is 20.8 Å². The van der Waals surface area contributed by atoms with E-state index >= 15 is 0 Å². The highest BCUT2D eigenvalue weighted by Gasteiger charge is 2.21. The Balaban J connectivity index is 2.45. The lowest BCUT2D eigenvalue weighted by Gasteiger charge is -2.10. The number of halogens is 1. The predicted octanol–water partition coefficient (Wildman–Crippen LogP) is 3.10. The Bertz CT molecular complexity index is 750. The van der Waals surface area contributed by atoms with Crippen LogP contribution in [0.15, 0.2) is 17.0 Å². The van der Waals surface area contributed by atoms with Gasteiger partial charge in [0.05, 0.1) is 10.6 Å². The summed E-state index contributed by atoms with van der Waals surface area (Å²) in [6, 6.07) is 2.90. The number of sulfonamides is 1. The normalized spacial score (nSPS) is 11.6. The van der Waals surface area contributed by atoms with Crippen LogP contribution in [-0.2, 0) is 10.0 Å². The molecule has 3 N–H and O–H groups in total. The van der Waals surface area contributed by atoms with Crippen molar-refractivity contribution in [2.45, 2.75) is 25.7 Å². The minimum absolute atomic E-state index is 0.0630. The monoisotopic (exact) mass is 331 g/mol. The lowest BCUT2D eigenvalue weighted by Crippen LogP contribution is -2.15. The highest BCUT2D eigenvalue weighted by Crippen LogP contribution is 2.29. The van der Waals surface area contributed by atoms with Gasteiger partial charge in [-0.2, -0.15) is 0 Å². The second kappa shape index (κ2) is 5.23. The highest BCUT2D eigenvalue weighted by molar-refractivity contribution is 7.93. The topological polar surface area (TPSA) is 85.1 Å². The standard InChI is InChI=1S/C12H14ClN3O2S2/c1-6-10(14)4-9(13)5-11(6)20(17,18)16-12-15-7(2)8(3)19-12/h4-5H,14H2,1-3H3,(H,15,16). The van der Waals surface area contributed by atoms with Gasteiger partial charge in [-0.15, -0.1) is 11.3 Å². The number of nitrogens with two attached hydrogens (primary N) is 1. The summed E-state index contributed by atoms with van der Waals surface area (Å²) < 4.78 is 27.2. The van der Waals surface area contributed by atoms with Crippen molar-refractivity contribution in [3.05, 3.63) is 33.3 Å². The minimum Gasteiger partial charge on any atom is -0.398 e. The summed E-state index contributed by atoms with van der Waals surface area (Å²) in [5.74, 6) is 0. The Hall–Kier alpha value is -1.31. The minimum atomic E-state index is -3.76. The Morgan fingerprint density at radius 3 is 2.50 bits per heavy atom. The van der Waals surface area contributed by atoms with Gasteiger partial charge in [-0.25, -0.2) is 13.4 Å². The van der Waals surface area contributed by atoms with E-state index in [1.807, 2.05) is 13.8 Å². The van der Waals surface area contributed by atoms with Crippen molar-refractivity contribution in [2.75, 3.05) is 10.5 Å². The summed E-state index contributed by atoms with van der Waals surface area (Å²) in [6.45, 7) is 5.35. The summed E-state index contributed by atoms with van der Waals surface area (Å²) in [7, 11) is -3.76. The summed E-state index contributed by atoms with van der Waals surface area (Å²) in [6.07, 6.45) is 0. The van der Waals surface area contributed by atoms with Crippen molar-refractivity contribution in [1.82, 2.24) is 4.98 Å². The van der Waals surface area contributed by atoms with E-state index in [4.69, 9.17) is 17.3 Å². The molecule has 20 heavy (non-hydrogen) atoms. The molecule has 108 valence electrons. The SMILES string of the molecule is Cc1nc(NS(=O)(=O)c2cc(Cl)cc(N)c2C)sc1C. The molecular weight excluding hydrogens is 318 g/mol. The zero-order chi connectivity index (χ0) is 15.1. The second-order valence-electron chi connectivity index (χ2n) is 4.38. The van der Waals surface area contributed by atoms with Crippen LogP contribution in [0.1, 0.15) is 16.1 Å². The summed E-state index contributed by atoms with van der Waals surface area (Å²) >= 11 is 7.16. The summed E-state index contributed by atoms with van der Waals surface area (Å²) in [4.78, 5) is 5.19. The number of thiazole rings is 1. The van der Waals surface area contributed by atoms with Crippen molar-refractivity contribution in [3.8, 4) is 0 Å². The van der Waals surface area contributed by atoms with Crippen molar-refractivity contribution < 1.29 is 8.42 Å². The number of nitrogens with one attached hydrogen (secondary N) is 1. The lowest BCUT2D eigenvalue weighted by molar-refractivity contribution is 0.600. The van der Waals surface area contributed by atoms with E-state index in [0.29, 0.717) is 16.4 Å². The zero-order valence-electron chi connectivity index (χ0n) is 11.2. The fourth-order valence-electron chi connectivity index (χ4n) is 1.64.